The highest BCUT2D eigenvalue weighted by atomic mass is 35.5. The zero-order valence-corrected chi connectivity index (χ0v) is 12.6. The van der Waals surface area contributed by atoms with Gasteiger partial charge >= 0.3 is 0 Å². The summed E-state index contributed by atoms with van der Waals surface area (Å²) in [5, 5.41) is 0.739. The highest BCUT2D eigenvalue weighted by molar-refractivity contribution is 6.33. The summed E-state index contributed by atoms with van der Waals surface area (Å²) in [5.41, 5.74) is 8.46. The smallest absolute Gasteiger partial charge is 0.0638 e. The van der Waals surface area contributed by atoms with E-state index in [9.17, 15) is 0 Å². The molecule has 4 fully saturated rings. The molecule has 0 amide bonds. The molecule has 0 aromatic heterocycles. The van der Waals surface area contributed by atoms with E-state index < -0.39 is 0 Å². The van der Waals surface area contributed by atoms with Crippen molar-refractivity contribution < 1.29 is 0 Å². The maximum atomic E-state index is 6.23. The van der Waals surface area contributed by atoms with E-state index in [1.165, 1.54) is 44.1 Å². The van der Waals surface area contributed by atoms with Crippen molar-refractivity contribution in [2.45, 2.75) is 43.9 Å². The summed E-state index contributed by atoms with van der Waals surface area (Å²) in [6, 6.07) is 6.37. The van der Waals surface area contributed by atoms with Gasteiger partial charge in [-0.05, 0) is 79.4 Å². The van der Waals surface area contributed by atoms with E-state index in [1.807, 2.05) is 6.07 Å². The maximum absolute atomic E-state index is 6.23. The fourth-order valence-electron chi connectivity index (χ4n) is 5.32. The highest BCUT2D eigenvalue weighted by Gasteiger charge is 2.51. The first kappa shape index (κ1) is 13.6. The molecule has 1 aromatic carbocycles. The number of anilines is 1. The van der Waals surface area contributed by atoms with Gasteiger partial charge in [-0.2, -0.15) is 0 Å². The van der Waals surface area contributed by atoms with Gasteiger partial charge in [0, 0.05) is 0 Å². The minimum absolute atomic E-state index is 0. The summed E-state index contributed by atoms with van der Waals surface area (Å²) in [4.78, 5) is 0. The zero-order valence-electron chi connectivity index (χ0n) is 11.1. The van der Waals surface area contributed by atoms with Gasteiger partial charge in [-0.25, -0.2) is 0 Å². The first-order valence-electron chi connectivity index (χ1n) is 7.20. The molecule has 104 valence electrons. The monoisotopic (exact) mass is 297 g/mol. The summed E-state index contributed by atoms with van der Waals surface area (Å²) in [5.74, 6) is 2.94. The second kappa shape index (κ2) is 4.56. The lowest BCUT2D eigenvalue weighted by Crippen LogP contribution is -2.48. The molecule has 0 saturated heterocycles. The standard InChI is InChI=1S/C16H20ClN.ClH/c17-14-6-13(1-2-15(14)18)16-7-10-3-11(8-16)5-12(4-10)9-16;/h1-2,6,10-12H,3-5,7-9,18H2;1H. The van der Waals surface area contributed by atoms with Gasteiger partial charge in [0.1, 0.15) is 0 Å². The summed E-state index contributed by atoms with van der Waals surface area (Å²) in [7, 11) is 0. The summed E-state index contributed by atoms with van der Waals surface area (Å²) in [6.45, 7) is 0. The molecule has 19 heavy (non-hydrogen) atoms. The van der Waals surface area contributed by atoms with Crippen LogP contribution in [0.5, 0.6) is 0 Å². The Morgan fingerprint density at radius 3 is 2.00 bits per heavy atom. The van der Waals surface area contributed by atoms with E-state index in [0.717, 1.165) is 22.8 Å². The van der Waals surface area contributed by atoms with E-state index in [2.05, 4.69) is 12.1 Å². The number of rotatable bonds is 1. The molecule has 0 aliphatic heterocycles. The summed E-state index contributed by atoms with van der Waals surface area (Å²) in [6.07, 6.45) is 8.63. The Balaban J connectivity index is 0.00000110. The number of hydrogen-bond donors (Lipinski definition) is 1. The van der Waals surface area contributed by atoms with Crippen LogP contribution in [0.15, 0.2) is 18.2 Å². The Bertz CT molecular complexity index is 462. The number of nitrogens with two attached hydrogens (primary N) is 1. The molecule has 3 heteroatoms. The summed E-state index contributed by atoms with van der Waals surface area (Å²) >= 11 is 6.23. The van der Waals surface area contributed by atoms with E-state index >= 15 is 0 Å². The van der Waals surface area contributed by atoms with Gasteiger partial charge in [0.15, 0.2) is 0 Å². The summed E-state index contributed by atoms with van der Waals surface area (Å²) < 4.78 is 0. The molecule has 4 saturated carbocycles. The van der Waals surface area contributed by atoms with E-state index in [4.69, 9.17) is 17.3 Å². The Hall–Kier alpha value is -0.400. The van der Waals surface area contributed by atoms with Crippen LogP contribution in [-0.4, -0.2) is 0 Å². The van der Waals surface area contributed by atoms with Crippen LogP contribution in [0.2, 0.25) is 5.02 Å². The van der Waals surface area contributed by atoms with Gasteiger partial charge in [-0.1, -0.05) is 17.7 Å². The van der Waals surface area contributed by atoms with Gasteiger partial charge in [0.2, 0.25) is 0 Å². The minimum Gasteiger partial charge on any atom is -0.398 e. The van der Waals surface area contributed by atoms with Crippen molar-refractivity contribution in [3.05, 3.63) is 28.8 Å². The molecule has 5 rings (SSSR count). The third-order valence-electron chi connectivity index (χ3n) is 5.65. The van der Waals surface area contributed by atoms with Gasteiger partial charge < -0.3 is 5.73 Å². The molecule has 4 aliphatic carbocycles. The molecule has 0 radical (unpaired) electrons. The van der Waals surface area contributed by atoms with Crippen LogP contribution in [0, 0.1) is 17.8 Å². The molecule has 0 heterocycles. The van der Waals surface area contributed by atoms with Crippen molar-refractivity contribution in [1.82, 2.24) is 0 Å². The van der Waals surface area contributed by atoms with Crippen molar-refractivity contribution in [1.29, 1.82) is 0 Å². The van der Waals surface area contributed by atoms with Crippen LogP contribution in [0.25, 0.3) is 0 Å². The Labute approximate surface area is 126 Å². The molecule has 0 unspecified atom stereocenters. The molecular weight excluding hydrogens is 277 g/mol. The number of halogens is 2. The van der Waals surface area contributed by atoms with Gasteiger partial charge in [-0.15, -0.1) is 12.4 Å². The first-order valence-corrected chi connectivity index (χ1v) is 7.58. The van der Waals surface area contributed by atoms with E-state index in [-0.39, 0.29) is 12.4 Å². The van der Waals surface area contributed by atoms with Crippen LogP contribution < -0.4 is 5.73 Å². The average Bonchev–Trinajstić information content (AvgIpc) is 2.31. The predicted octanol–water partition coefficient (Wildman–Crippen LogP) is 4.81. The molecule has 1 aromatic rings. The third-order valence-corrected chi connectivity index (χ3v) is 5.98. The quantitative estimate of drug-likeness (QED) is 0.740. The lowest BCUT2D eigenvalue weighted by molar-refractivity contribution is -0.00517. The first-order chi connectivity index (χ1) is 8.64. The van der Waals surface area contributed by atoms with Crippen LogP contribution in [0.1, 0.15) is 44.1 Å². The van der Waals surface area contributed by atoms with Crippen LogP contribution in [0.4, 0.5) is 5.69 Å². The fourth-order valence-corrected chi connectivity index (χ4v) is 5.50. The van der Waals surface area contributed by atoms with Gasteiger partial charge in [0.25, 0.3) is 0 Å². The molecule has 2 N–H and O–H groups in total. The SMILES string of the molecule is Cl.Nc1ccc(C23CC4CC(CC(C4)C2)C3)cc1Cl. The van der Waals surface area contributed by atoms with Gasteiger partial charge in [0.05, 0.1) is 10.7 Å². The van der Waals surface area contributed by atoms with Crippen molar-refractivity contribution in [2.24, 2.45) is 17.8 Å². The Kier molecular flexibility index (Phi) is 3.26. The number of benzene rings is 1. The van der Waals surface area contributed by atoms with E-state index in [0.29, 0.717) is 11.1 Å². The second-order valence-electron chi connectivity index (χ2n) is 6.93. The fraction of sp³-hybridized carbons (Fsp3) is 0.625. The molecular formula is C16H21Cl2N. The average molecular weight is 298 g/mol. The lowest BCUT2D eigenvalue weighted by Gasteiger charge is -2.57. The van der Waals surface area contributed by atoms with Crippen molar-refractivity contribution in [2.75, 3.05) is 5.73 Å². The molecule has 0 spiro atoms. The van der Waals surface area contributed by atoms with Crippen LogP contribution >= 0.6 is 24.0 Å². The third kappa shape index (κ3) is 2.06. The molecule has 4 aliphatic rings. The zero-order chi connectivity index (χ0) is 12.3. The van der Waals surface area contributed by atoms with E-state index in [1.54, 1.807) is 0 Å². The van der Waals surface area contributed by atoms with Crippen molar-refractivity contribution in [3.63, 3.8) is 0 Å². The van der Waals surface area contributed by atoms with Crippen LogP contribution in [-0.2, 0) is 5.41 Å². The topological polar surface area (TPSA) is 26.0 Å². The predicted molar refractivity (Wildman–Crippen MR) is 83.0 cm³/mol. The Morgan fingerprint density at radius 1 is 1.00 bits per heavy atom. The van der Waals surface area contributed by atoms with Crippen LogP contribution in [0.3, 0.4) is 0 Å². The number of nitrogen functional groups attached to an aromatic ring is 1. The Morgan fingerprint density at radius 2 is 1.53 bits per heavy atom. The number of hydrogen-bond acceptors (Lipinski definition) is 1. The minimum atomic E-state index is 0. The molecule has 4 bridgehead atoms. The van der Waals surface area contributed by atoms with Crippen molar-refractivity contribution in [3.8, 4) is 0 Å². The second-order valence-corrected chi connectivity index (χ2v) is 7.34. The van der Waals surface area contributed by atoms with Crippen molar-refractivity contribution >= 4 is 29.7 Å². The lowest BCUT2D eigenvalue weighted by atomic mass is 9.48. The highest BCUT2D eigenvalue weighted by Crippen LogP contribution is 2.60. The maximum Gasteiger partial charge on any atom is 0.0638 e. The molecule has 0 atom stereocenters. The largest absolute Gasteiger partial charge is 0.398 e. The van der Waals surface area contributed by atoms with Gasteiger partial charge in [-0.3, -0.25) is 0 Å². The molecule has 1 nitrogen and oxygen atoms in total. The normalized spacial score (nSPS) is 39.1.